The molecule has 0 heterocycles. The highest BCUT2D eigenvalue weighted by Gasteiger charge is 2.21. The maximum Gasteiger partial charge on any atom is 0.338 e. The lowest BCUT2D eigenvalue weighted by Crippen LogP contribution is -2.17. The normalized spacial score (nSPS) is 10.9. The van der Waals surface area contributed by atoms with Gasteiger partial charge in [-0.25, -0.2) is 17.6 Å². The Balaban J connectivity index is 1.83. The van der Waals surface area contributed by atoms with Gasteiger partial charge in [-0.2, -0.15) is 0 Å². The monoisotopic (exact) mass is 442 g/mol. The average Bonchev–Trinajstić information content (AvgIpc) is 2.74. The molecule has 3 aromatic carbocycles. The fraction of sp³-hybridized carbons (Fsp3) is 0.0909. The van der Waals surface area contributed by atoms with Gasteiger partial charge in [-0.3, -0.25) is 9.52 Å². The van der Waals surface area contributed by atoms with Gasteiger partial charge in [0.05, 0.1) is 12.2 Å². The molecule has 0 aliphatic rings. The standard InChI is InChI=1S/C22H19FN2O5S/c1-2-30-22(27)16-7-6-10-18(13-16)24-21(26)15-11-12-19(23)20(14-15)31(28,29)25-17-8-4-3-5-9-17/h3-14,25H,2H2,1H3,(H,24,26). The van der Waals surface area contributed by atoms with Crippen molar-refractivity contribution in [2.24, 2.45) is 0 Å². The highest BCUT2D eigenvalue weighted by molar-refractivity contribution is 7.92. The lowest BCUT2D eigenvalue weighted by atomic mass is 10.1. The molecular weight excluding hydrogens is 423 g/mol. The summed E-state index contributed by atoms with van der Waals surface area (Å²) in [7, 11) is -4.26. The molecular formula is C22H19FN2O5S. The number of benzene rings is 3. The first-order valence-corrected chi connectivity index (χ1v) is 10.7. The second kappa shape index (κ2) is 9.40. The van der Waals surface area contributed by atoms with Crippen LogP contribution in [0.25, 0.3) is 0 Å². The molecule has 160 valence electrons. The van der Waals surface area contributed by atoms with Crippen molar-refractivity contribution in [3.05, 3.63) is 89.7 Å². The van der Waals surface area contributed by atoms with Crippen LogP contribution in [0.4, 0.5) is 15.8 Å². The van der Waals surface area contributed by atoms with E-state index in [9.17, 15) is 22.4 Å². The minimum absolute atomic E-state index is 0.0728. The van der Waals surface area contributed by atoms with Crippen molar-refractivity contribution in [1.29, 1.82) is 0 Å². The van der Waals surface area contributed by atoms with Crippen molar-refractivity contribution < 1.29 is 27.1 Å². The molecule has 3 aromatic rings. The Kier molecular flexibility index (Phi) is 6.66. The zero-order valence-electron chi connectivity index (χ0n) is 16.5. The van der Waals surface area contributed by atoms with Crippen LogP contribution in [0.15, 0.2) is 77.7 Å². The van der Waals surface area contributed by atoms with Crippen LogP contribution in [-0.4, -0.2) is 26.9 Å². The summed E-state index contributed by atoms with van der Waals surface area (Å²) in [4.78, 5) is 23.8. The Hall–Kier alpha value is -3.72. The summed E-state index contributed by atoms with van der Waals surface area (Å²) in [5, 5.41) is 2.56. The van der Waals surface area contributed by atoms with E-state index in [0.29, 0.717) is 5.69 Å². The Labute approximate surface area is 178 Å². The maximum absolute atomic E-state index is 14.3. The molecule has 0 unspecified atom stereocenters. The number of amides is 1. The van der Waals surface area contributed by atoms with Crippen LogP contribution in [0.3, 0.4) is 0 Å². The third-order valence-corrected chi connectivity index (χ3v) is 5.54. The van der Waals surface area contributed by atoms with Crippen molar-refractivity contribution >= 4 is 33.3 Å². The lowest BCUT2D eigenvalue weighted by Gasteiger charge is -2.11. The lowest BCUT2D eigenvalue weighted by molar-refractivity contribution is 0.0526. The number of rotatable bonds is 7. The first kappa shape index (κ1) is 22.0. The van der Waals surface area contributed by atoms with E-state index in [0.717, 1.165) is 12.1 Å². The third kappa shape index (κ3) is 5.46. The maximum atomic E-state index is 14.3. The largest absolute Gasteiger partial charge is 0.462 e. The van der Waals surface area contributed by atoms with Gasteiger partial charge in [-0.15, -0.1) is 0 Å². The van der Waals surface area contributed by atoms with E-state index in [1.807, 2.05) is 0 Å². The van der Waals surface area contributed by atoms with Crippen molar-refractivity contribution in [1.82, 2.24) is 0 Å². The van der Waals surface area contributed by atoms with Crippen LogP contribution in [0.2, 0.25) is 0 Å². The van der Waals surface area contributed by atoms with Crippen LogP contribution in [0, 0.1) is 5.82 Å². The molecule has 2 N–H and O–H groups in total. The number of halogens is 1. The number of ether oxygens (including phenoxy) is 1. The van der Waals surface area contributed by atoms with Crippen molar-refractivity contribution in [2.45, 2.75) is 11.8 Å². The van der Waals surface area contributed by atoms with E-state index in [2.05, 4.69) is 10.0 Å². The minimum Gasteiger partial charge on any atom is -0.462 e. The van der Waals surface area contributed by atoms with E-state index >= 15 is 0 Å². The Morgan fingerprint density at radius 1 is 0.903 bits per heavy atom. The summed E-state index contributed by atoms with van der Waals surface area (Å²) in [5.41, 5.74) is 0.727. The van der Waals surface area contributed by atoms with E-state index in [4.69, 9.17) is 4.74 Å². The molecule has 0 radical (unpaired) electrons. The second-order valence-corrected chi connectivity index (χ2v) is 8.02. The molecule has 0 saturated heterocycles. The molecule has 0 spiro atoms. The Morgan fingerprint density at radius 2 is 1.61 bits per heavy atom. The number of hydrogen-bond acceptors (Lipinski definition) is 5. The molecule has 0 aromatic heterocycles. The number of anilines is 2. The summed E-state index contributed by atoms with van der Waals surface area (Å²) < 4.78 is 46.7. The molecule has 0 atom stereocenters. The molecule has 0 aliphatic heterocycles. The molecule has 0 fully saturated rings. The average molecular weight is 442 g/mol. The van der Waals surface area contributed by atoms with E-state index in [-0.39, 0.29) is 23.4 Å². The number of esters is 1. The summed E-state index contributed by atoms with van der Waals surface area (Å²) >= 11 is 0. The van der Waals surface area contributed by atoms with Gasteiger partial charge in [0.25, 0.3) is 15.9 Å². The molecule has 3 rings (SSSR count). The fourth-order valence-electron chi connectivity index (χ4n) is 2.71. The van der Waals surface area contributed by atoms with Crippen LogP contribution >= 0.6 is 0 Å². The summed E-state index contributed by atoms with van der Waals surface area (Å²) in [5.74, 6) is -2.21. The van der Waals surface area contributed by atoms with Crippen LogP contribution in [-0.2, 0) is 14.8 Å². The van der Waals surface area contributed by atoms with Crippen molar-refractivity contribution in [2.75, 3.05) is 16.6 Å². The van der Waals surface area contributed by atoms with Gasteiger partial charge in [-0.05, 0) is 55.5 Å². The summed E-state index contributed by atoms with van der Waals surface area (Å²) in [6, 6.07) is 17.1. The topological polar surface area (TPSA) is 102 Å². The van der Waals surface area contributed by atoms with Gasteiger partial charge in [0.2, 0.25) is 0 Å². The van der Waals surface area contributed by atoms with Gasteiger partial charge in [-0.1, -0.05) is 24.3 Å². The predicted molar refractivity (Wildman–Crippen MR) is 114 cm³/mol. The van der Waals surface area contributed by atoms with Gasteiger partial charge < -0.3 is 10.1 Å². The van der Waals surface area contributed by atoms with Crippen LogP contribution < -0.4 is 10.0 Å². The van der Waals surface area contributed by atoms with Gasteiger partial charge in [0.15, 0.2) is 0 Å². The van der Waals surface area contributed by atoms with Gasteiger partial charge >= 0.3 is 5.97 Å². The fourth-order valence-corrected chi connectivity index (χ4v) is 3.87. The first-order chi connectivity index (χ1) is 14.8. The zero-order valence-corrected chi connectivity index (χ0v) is 17.3. The Morgan fingerprint density at radius 3 is 2.32 bits per heavy atom. The number of nitrogens with one attached hydrogen (secondary N) is 2. The van der Waals surface area contributed by atoms with Crippen LogP contribution in [0.5, 0.6) is 0 Å². The van der Waals surface area contributed by atoms with Crippen LogP contribution in [0.1, 0.15) is 27.6 Å². The molecule has 0 bridgehead atoms. The number of para-hydroxylation sites is 1. The smallest absolute Gasteiger partial charge is 0.338 e. The summed E-state index contributed by atoms with van der Waals surface area (Å²) in [6.45, 7) is 1.88. The molecule has 7 nitrogen and oxygen atoms in total. The predicted octanol–water partition coefficient (Wildman–Crippen LogP) is 4.06. The van der Waals surface area contributed by atoms with Crippen molar-refractivity contribution in [3.63, 3.8) is 0 Å². The highest BCUT2D eigenvalue weighted by Crippen LogP contribution is 2.21. The molecule has 9 heteroatoms. The van der Waals surface area contributed by atoms with E-state index < -0.39 is 32.6 Å². The number of carbonyl (C=O) groups is 2. The zero-order chi connectivity index (χ0) is 22.4. The molecule has 0 aliphatic carbocycles. The van der Waals surface area contributed by atoms with E-state index in [1.165, 1.54) is 30.3 Å². The number of sulfonamides is 1. The molecule has 31 heavy (non-hydrogen) atoms. The molecule has 1 amide bonds. The minimum atomic E-state index is -4.26. The SMILES string of the molecule is CCOC(=O)c1cccc(NC(=O)c2ccc(F)c(S(=O)(=O)Nc3ccccc3)c2)c1. The first-order valence-electron chi connectivity index (χ1n) is 9.26. The highest BCUT2D eigenvalue weighted by atomic mass is 32.2. The van der Waals surface area contributed by atoms with Gasteiger partial charge in [0.1, 0.15) is 10.7 Å². The van der Waals surface area contributed by atoms with E-state index in [1.54, 1.807) is 37.3 Å². The third-order valence-electron chi connectivity index (χ3n) is 4.14. The quantitative estimate of drug-likeness (QED) is 0.538. The van der Waals surface area contributed by atoms with Gasteiger partial charge in [0, 0.05) is 16.9 Å². The second-order valence-electron chi connectivity index (χ2n) is 6.37. The number of carbonyl (C=O) groups excluding carboxylic acids is 2. The Bertz CT molecular complexity index is 1210. The number of hydrogen-bond donors (Lipinski definition) is 2. The van der Waals surface area contributed by atoms with Crippen molar-refractivity contribution in [3.8, 4) is 0 Å². The summed E-state index contributed by atoms with van der Waals surface area (Å²) in [6.07, 6.45) is 0. The molecule has 0 saturated carbocycles.